The number of nitrogens with one attached hydrogen (secondary N) is 3. The van der Waals surface area contributed by atoms with Crippen molar-refractivity contribution in [3.05, 3.63) is 83.0 Å². The number of alkyl halides is 2. The minimum absolute atomic E-state index is 0.0700. The number of carbonyl (C=O) groups excluding carboxylic acids is 2. The molecule has 0 unspecified atom stereocenters. The number of methoxy groups -OCH3 is 1. The van der Waals surface area contributed by atoms with Crippen molar-refractivity contribution >= 4 is 23.4 Å². The lowest BCUT2D eigenvalue weighted by molar-refractivity contribution is -0.614. The van der Waals surface area contributed by atoms with Gasteiger partial charge in [0.1, 0.15) is 23.3 Å². The van der Waals surface area contributed by atoms with Crippen LogP contribution in [-0.2, 0) is 16.0 Å². The van der Waals surface area contributed by atoms with E-state index < -0.39 is 24.4 Å². The second-order valence-electron chi connectivity index (χ2n) is 10.7. The average Bonchev–Trinajstić information content (AvgIpc) is 3.43. The Bertz CT molecular complexity index is 1730. The minimum atomic E-state index is -3.17. The highest BCUT2D eigenvalue weighted by atomic mass is 19.3. The Labute approximate surface area is 257 Å². The highest BCUT2D eigenvalue weighted by molar-refractivity contribution is 5.98. The Morgan fingerprint density at radius 1 is 1.20 bits per heavy atom. The lowest BCUT2D eigenvalue weighted by Crippen LogP contribution is -2.34. The molecule has 0 aliphatic carbocycles. The second kappa shape index (κ2) is 13.3. The molecule has 5 rings (SSSR count). The number of H-pyrrole nitrogens is 1. The van der Waals surface area contributed by atoms with E-state index in [1.165, 1.54) is 31.4 Å². The predicted octanol–water partition coefficient (Wildman–Crippen LogP) is 6.75. The largest absolute Gasteiger partial charge is 0.618 e. The smallest absolute Gasteiger partial charge is 0.411 e. The average molecular weight is 624 g/mol. The fourth-order valence-corrected chi connectivity index (χ4v) is 5.50. The van der Waals surface area contributed by atoms with E-state index in [0.29, 0.717) is 64.6 Å². The third-order valence-electron chi connectivity index (χ3n) is 7.80. The molecular formula is C32H32F3N5O5. The molecule has 45 heavy (non-hydrogen) atoms. The molecule has 0 radical (unpaired) electrons. The van der Waals surface area contributed by atoms with Crippen molar-refractivity contribution in [1.29, 1.82) is 0 Å². The molecule has 13 heteroatoms. The Kier molecular flexibility index (Phi) is 9.26. The van der Waals surface area contributed by atoms with Gasteiger partial charge in [0.2, 0.25) is 11.6 Å². The summed E-state index contributed by atoms with van der Waals surface area (Å²) in [4.78, 5) is 33.3. The highest BCUT2D eigenvalue weighted by Crippen LogP contribution is 2.38. The Morgan fingerprint density at radius 3 is 2.71 bits per heavy atom. The standard InChI is InChI=1S/C32H32F3N5O5/c1-4-23-28-20-13-12-19(36-32(42)44-3)15-24(20)38-30(41)17(2)7-5-8-21(29(37-23)39-28)25-14-11-18(16-40(25)43)27-22(33)9-6-10-26(27)45-31(34)35/h6,9-17,21,31H,4-5,7-8H2,1-3H3,(H,36,42)(H,37,39)(H,38,41)/t17-,21+/m1/s1. The molecule has 2 aromatic heterocycles. The first-order valence-corrected chi connectivity index (χ1v) is 14.4. The first-order valence-electron chi connectivity index (χ1n) is 14.4. The summed E-state index contributed by atoms with van der Waals surface area (Å²) in [6, 6.07) is 11.6. The molecule has 2 bridgehead atoms. The summed E-state index contributed by atoms with van der Waals surface area (Å²) in [5.41, 5.74) is 2.93. The number of aryl methyl sites for hydroxylation is 1. The highest BCUT2D eigenvalue weighted by Gasteiger charge is 2.30. The number of fused-ring (bicyclic) bond motifs is 4. The van der Waals surface area contributed by atoms with Crippen LogP contribution in [0.1, 0.15) is 56.2 Å². The molecule has 3 N–H and O–H groups in total. The van der Waals surface area contributed by atoms with Crippen LogP contribution in [0.3, 0.4) is 0 Å². The zero-order valence-corrected chi connectivity index (χ0v) is 24.8. The first kappa shape index (κ1) is 31.4. The van der Waals surface area contributed by atoms with Gasteiger partial charge in [-0.1, -0.05) is 26.3 Å². The van der Waals surface area contributed by atoms with Gasteiger partial charge in [-0.25, -0.2) is 14.2 Å². The summed E-state index contributed by atoms with van der Waals surface area (Å²) in [6.45, 7) is 0.576. The SMILES string of the molecule is CCc1[nH]c2nc1-c1ccc(NC(=O)OC)cc1NC(=O)[C@H](C)CCC[C@H]2c1ccc(-c2c(F)cccc2OC(F)F)c[n+]1[O-]. The van der Waals surface area contributed by atoms with E-state index in [4.69, 9.17) is 9.72 Å². The van der Waals surface area contributed by atoms with Gasteiger partial charge in [0.15, 0.2) is 6.20 Å². The summed E-state index contributed by atoms with van der Waals surface area (Å²) < 4.78 is 50.6. The summed E-state index contributed by atoms with van der Waals surface area (Å²) in [5.74, 6) is -1.81. The monoisotopic (exact) mass is 623 g/mol. The van der Waals surface area contributed by atoms with E-state index in [-0.39, 0.29) is 28.7 Å². The fourth-order valence-electron chi connectivity index (χ4n) is 5.50. The van der Waals surface area contributed by atoms with Crippen LogP contribution in [-0.4, -0.2) is 35.7 Å². The number of halogens is 3. The molecule has 4 aromatic rings. The molecule has 1 aliphatic rings. The predicted molar refractivity (Wildman–Crippen MR) is 160 cm³/mol. The van der Waals surface area contributed by atoms with Gasteiger partial charge in [-0.05, 0) is 55.7 Å². The minimum Gasteiger partial charge on any atom is -0.618 e. The number of carbonyl (C=O) groups is 2. The number of aromatic nitrogens is 3. The molecule has 2 aromatic carbocycles. The van der Waals surface area contributed by atoms with E-state index in [1.807, 2.05) is 13.8 Å². The van der Waals surface area contributed by atoms with Crippen molar-refractivity contribution in [2.75, 3.05) is 17.7 Å². The number of ether oxygens (including phenoxy) is 2. The zero-order valence-electron chi connectivity index (χ0n) is 24.8. The number of aromatic amines is 1. The van der Waals surface area contributed by atoms with E-state index >= 15 is 0 Å². The van der Waals surface area contributed by atoms with Gasteiger partial charge in [0.25, 0.3) is 0 Å². The summed E-state index contributed by atoms with van der Waals surface area (Å²) >= 11 is 0. The van der Waals surface area contributed by atoms with E-state index in [9.17, 15) is 28.0 Å². The van der Waals surface area contributed by atoms with Crippen molar-refractivity contribution in [2.24, 2.45) is 5.92 Å². The number of hydrogen-bond acceptors (Lipinski definition) is 6. The molecular weight excluding hydrogens is 591 g/mol. The maximum Gasteiger partial charge on any atom is 0.411 e. The number of benzene rings is 2. The summed E-state index contributed by atoms with van der Waals surface area (Å²) in [5, 5.41) is 19.1. The van der Waals surface area contributed by atoms with Crippen LogP contribution in [0.2, 0.25) is 0 Å². The second-order valence-corrected chi connectivity index (χ2v) is 10.7. The van der Waals surface area contributed by atoms with Gasteiger partial charge in [-0.15, -0.1) is 0 Å². The van der Waals surface area contributed by atoms with Crippen molar-refractivity contribution < 1.29 is 37.0 Å². The maximum absolute atomic E-state index is 14.8. The molecule has 0 saturated heterocycles. The molecule has 0 saturated carbocycles. The van der Waals surface area contributed by atoms with E-state index in [0.717, 1.165) is 18.0 Å². The van der Waals surface area contributed by atoms with Gasteiger partial charge in [0, 0.05) is 28.9 Å². The number of hydrogen-bond donors (Lipinski definition) is 3. The van der Waals surface area contributed by atoms with Crippen molar-refractivity contribution in [2.45, 2.75) is 52.1 Å². The van der Waals surface area contributed by atoms with Crippen LogP contribution in [0.25, 0.3) is 22.4 Å². The van der Waals surface area contributed by atoms with Gasteiger partial charge in [-0.2, -0.15) is 13.5 Å². The zero-order chi connectivity index (χ0) is 32.2. The summed E-state index contributed by atoms with van der Waals surface area (Å²) in [6.07, 6.45) is 2.56. The Hall–Kier alpha value is -5.07. The third-order valence-corrected chi connectivity index (χ3v) is 7.80. The van der Waals surface area contributed by atoms with Crippen LogP contribution < -0.4 is 20.1 Å². The summed E-state index contributed by atoms with van der Waals surface area (Å²) in [7, 11) is 1.25. The number of anilines is 2. The van der Waals surface area contributed by atoms with Crippen LogP contribution in [0.5, 0.6) is 5.75 Å². The van der Waals surface area contributed by atoms with Gasteiger partial charge >= 0.3 is 12.7 Å². The van der Waals surface area contributed by atoms with E-state index in [1.54, 1.807) is 18.2 Å². The Morgan fingerprint density at radius 2 is 2.00 bits per heavy atom. The van der Waals surface area contributed by atoms with Crippen LogP contribution in [0, 0.1) is 16.9 Å². The molecule has 2 atom stereocenters. The van der Waals surface area contributed by atoms with Gasteiger partial charge in [-0.3, -0.25) is 10.1 Å². The first-order chi connectivity index (χ1) is 21.6. The maximum atomic E-state index is 14.8. The number of imidazole rings is 1. The number of nitrogens with zero attached hydrogens (tertiary/aromatic N) is 2. The quantitative estimate of drug-likeness (QED) is 0.161. The topological polar surface area (TPSA) is 132 Å². The molecule has 236 valence electrons. The Balaban J connectivity index is 1.60. The van der Waals surface area contributed by atoms with Crippen LogP contribution in [0.4, 0.5) is 29.3 Å². The number of rotatable bonds is 6. The molecule has 10 nitrogen and oxygen atoms in total. The van der Waals surface area contributed by atoms with E-state index in [2.05, 4.69) is 20.4 Å². The van der Waals surface area contributed by atoms with Gasteiger partial charge < -0.3 is 25.0 Å². The van der Waals surface area contributed by atoms with Crippen molar-refractivity contribution in [3.63, 3.8) is 0 Å². The van der Waals surface area contributed by atoms with Crippen LogP contribution in [0.15, 0.2) is 54.7 Å². The molecule has 2 amide bonds. The third kappa shape index (κ3) is 6.71. The number of pyridine rings is 1. The van der Waals surface area contributed by atoms with Gasteiger partial charge in [0.05, 0.1) is 29.6 Å². The molecule has 0 fully saturated rings. The lowest BCUT2D eigenvalue weighted by Gasteiger charge is -2.19. The molecule has 0 spiro atoms. The van der Waals surface area contributed by atoms with Crippen molar-refractivity contribution in [3.8, 4) is 28.1 Å². The van der Waals surface area contributed by atoms with Crippen LogP contribution >= 0.6 is 0 Å². The fraction of sp³-hybridized carbons (Fsp3) is 0.312. The molecule has 3 heterocycles. The number of amides is 2. The van der Waals surface area contributed by atoms with Crippen molar-refractivity contribution in [1.82, 2.24) is 9.97 Å². The lowest BCUT2D eigenvalue weighted by atomic mass is 9.92. The normalized spacial score (nSPS) is 16.6. The molecule has 1 aliphatic heterocycles.